The summed E-state index contributed by atoms with van der Waals surface area (Å²) in [6.07, 6.45) is 0. The van der Waals surface area contributed by atoms with Gasteiger partial charge < -0.3 is 5.11 Å². The fourth-order valence-electron chi connectivity index (χ4n) is 1.01. The molecule has 3 nitrogen and oxygen atoms in total. The van der Waals surface area contributed by atoms with Crippen LogP contribution in [-0.4, -0.2) is 5.11 Å². The van der Waals surface area contributed by atoms with E-state index in [1.807, 2.05) is 0 Å². The van der Waals surface area contributed by atoms with Crippen LogP contribution >= 0.6 is 23.2 Å². The fraction of sp³-hybridized carbons (Fsp3) is 0.250. The smallest absolute Gasteiger partial charge is 0.139 e. The second-order valence-corrected chi connectivity index (χ2v) is 3.56. The minimum atomic E-state index is -0.198. The molecule has 0 aliphatic carbocycles. The predicted octanol–water partition coefficient (Wildman–Crippen LogP) is 2.22. The van der Waals surface area contributed by atoms with E-state index in [2.05, 4.69) is 5.43 Å². The van der Waals surface area contributed by atoms with Gasteiger partial charge in [-0.15, -0.1) is 0 Å². The van der Waals surface area contributed by atoms with Crippen LogP contribution in [-0.2, 0) is 0 Å². The lowest BCUT2D eigenvalue weighted by atomic mass is 10.1. The maximum absolute atomic E-state index is 9.54. The van der Waals surface area contributed by atoms with E-state index < -0.39 is 0 Å². The number of hydrogen-bond donors (Lipinski definition) is 3. The molecule has 0 aliphatic rings. The van der Waals surface area contributed by atoms with Crippen molar-refractivity contribution in [3.63, 3.8) is 0 Å². The molecule has 0 bridgehead atoms. The normalized spacial score (nSPS) is 12.9. The molecule has 0 radical (unpaired) electrons. The van der Waals surface area contributed by atoms with Gasteiger partial charge in [-0.3, -0.25) is 11.3 Å². The number of phenolic OH excluding ortho intramolecular Hbond substituents is 1. The summed E-state index contributed by atoms with van der Waals surface area (Å²) in [7, 11) is 0. The van der Waals surface area contributed by atoms with Crippen molar-refractivity contribution in [1.82, 2.24) is 5.43 Å². The summed E-state index contributed by atoms with van der Waals surface area (Å²) in [5.74, 6) is 5.24. The molecule has 5 heteroatoms. The van der Waals surface area contributed by atoms with Crippen LogP contribution in [0.1, 0.15) is 18.5 Å². The van der Waals surface area contributed by atoms with Crippen LogP contribution in [0.4, 0.5) is 0 Å². The average molecular weight is 221 g/mol. The number of benzene rings is 1. The molecule has 1 atom stereocenters. The third kappa shape index (κ3) is 2.25. The van der Waals surface area contributed by atoms with Gasteiger partial charge in [-0.1, -0.05) is 23.2 Å². The first kappa shape index (κ1) is 10.6. The van der Waals surface area contributed by atoms with Crippen LogP contribution in [0.2, 0.25) is 10.0 Å². The molecule has 1 rings (SSSR count). The van der Waals surface area contributed by atoms with E-state index in [0.29, 0.717) is 10.6 Å². The molecule has 1 aromatic rings. The van der Waals surface area contributed by atoms with Gasteiger partial charge in [0, 0.05) is 16.6 Å². The molecule has 0 saturated carbocycles. The van der Waals surface area contributed by atoms with E-state index in [4.69, 9.17) is 29.0 Å². The summed E-state index contributed by atoms with van der Waals surface area (Å²) in [5.41, 5.74) is 3.08. The Hall–Kier alpha value is -0.480. The Morgan fingerprint density at radius 3 is 2.62 bits per heavy atom. The zero-order valence-corrected chi connectivity index (χ0v) is 8.52. The molecular formula is C8H10Cl2N2O. The van der Waals surface area contributed by atoms with Crippen molar-refractivity contribution in [2.24, 2.45) is 5.84 Å². The lowest BCUT2D eigenvalue weighted by Gasteiger charge is -2.13. The first-order valence-electron chi connectivity index (χ1n) is 3.70. The lowest BCUT2D eigenvalue weighted by Crippen LogP contribution is -2.25. The number of nitrogens with two attached hydrogens (primary N) is 1. The van der Waals surface area contributed by atoms with Gasteiger partial charge in [0.25, 0.3) is 0 Å². The van der Waals surface area contributed by atoms with E-state index in [-0.39, 0.29) is 16.8 Å². The molecule has 0 aliphatic heterocycles. The number of hydrogen-bond acceptors (Lipinski definition) is 3. The van der Waals surface area contributed by atoms with Crippen molar-refractivity contribution < 1.29 is 5.11 Å². The van der Waals surface area contributed by atoms with Crippen molar-refractivity contribution in [3.05, 3.63) is 27.7 Å². The van der Waals surface area contributed by atoms with E-state index in [1.54, 1.807) is 13.0 Å². The fourth-order valence-corrected chi connectivity index (χ4v) is 1.51. The standard InChI is InChI=1S/C8H10Cl2N2O/c1-4(12-11)6-2-5(9)3-7(10)8(6)13/h2-4,12-13H,11H2,1H3. The molecule has 0 aromatic heterocycles. The Balaban J connectivity index is 3.20. The average Bonchev–Trinajstić information content (AvgIpc) is 2.10. The highest BCUT2D eigenvalue weighted by Crippen LogP contribution is 2.34. The SMILES string of the molecule is CC(NN)c1cc(Cl)cc(Cl)c1O. The molecule has 0 fully saturated rings. The van der Waals surface area contributed by atoms with Gasteiger partial charge in [-0.05, 0) is 19.1 Å². The van der Waals surface area contributed by atoms with E-state index >= 15 is 0 Å². The summed E-state index contributed by atoms with van der Waals surface area (Å²) < 4.78 is 0. The van der Waals surface area contributed by atoms with Crippen LogP contribution < -0.4 is 11.3 Å². The minimum Gasteiger partial charge on any atom is -0.506 e. The summed E-state index contributed by atoms with van der Waals surface area (Å²) in [5, 5.41) is 10.2. The highest BCUT2D eigenvalue weighted by atomic mass is 35.5. The first-order valence-corrected chi connectivity index (χ1v) is 4.46. The predicted molar refractivity (Wildman–Crippen MR) is 53.9 cm³/mol. The largest absolute Gasteiger partial charge is 0.506 e. The number of nitrogens with one attached hydrogen (secondary N) is 1. The molecule has 4 N–H and O–H groups in total. The Bertz CT molecular complexity index is 317. The van der Waals surface area contributed by atoms with Gasteiger partial charge >= 0.3 is 0 Å². The lowest BCUT2D eigenvalue weighted by molar-refractivity contribution is 0.455. The van der Waals surface area contributed by atoms with Crippen molar-refractivity contribution in [3.8, 4) is 5.75 Å². The quantitative estimate of drug-likeness (QED) is 0.530. The molecule has 1 aromatic carbocycles. The first-order chi connectivity index (χ1) is 6.06. The van der Waals surface area contributed by atoms with Crippen LogP contribution in [0.25, 0.3) is 0 Å². The van der Waals surface area contributed by atoms with Gasteiger partial charge in [0.1, 0.15) is 5.75 Å². The minimum absolute atomic E-state index is 0.0107. The topological polar surface area (TPSA) is 58.3 Å². The van der Waals surface area contributed by atoms with E-state index in [9.17, 15) is 5.11 Å². The van der Waals surface area contributed by atoms with Gasteiger partial charge in [0.15, 0.2) is 0 Å². The highest BCUT2D eigenvalue weighted by molar-refractivity contribution is 6.35. The third-order valence-corrected chi connectivity index (χ3v) is 2.28. The molecule has 72 valence electrons. The van der Waals surface area contributed by atoms with Crippen molar-refractivity contribution in [2.75, 3.05) is 0 Å². The monoisotopic (exact) mass is 220 g/mol. The Morgan fingerprint density at radius 2 is 2.08 bits per heavy atom. The third-order valence-electron chi connectivity index (χ3n) is 1.77. The van der Waals surface area contributed by atoms with Crippen molar-refractivity contribution in [2.45, 2.75) is 13.0 Å². The Kier molecular flexibility index (Phi) is 3.39. The second kappa shape index (κ2) is 4.15. The maximum atomic E-state index is 9.54. The van der Waals surface area contributed by atoms with Gasteiger partial charge in [-0.25, -0.2) is 0 Å². The number of hydrazine groups is 1. The molecule has 0 heterocycles. The summed E-state index contributed by atoms with van der Waals surface area (Å²) in [4.78, 5) is 0. The van der Waals surface area contributed by atoms with Crippen LogP contribution in [0.3, 0.4) is 0 Å². The van der Waals surface area contributed by atoms with Gasteiger partial charge in [0.2, 0.25) is 0 Å². The van der Waals surface area contributed by atoms with Gasteiger partial charge in [0.05, 0.1) is 5.02 Å². The summed E-state index contributed by atoms with van der Waals surface area (Å²) in [6, 6.07) is 2.90. The van der Waals surface area contributed by atoms with Crippen molar-refractivity contribution in [1.29, 1.82) is 0 Å². The zero-order chi connectivity index (χ0) is 10.0. The zero-order valence-electron chi connectivity index (χ0n) is 7.01. The molecule has 0 amide bonds. The number of halogens is 2. The molecule has 13 heavy (non-hydrogen) atoms. The molecule has 0 spiro atoms. The second-order valence-electron chi connectivity index (χ2n) is 2.71. The van der Waals surface area contributed by atoms with Crippen LogP contribution in [0.5, 0.6) is 5.75 Å². The molecule has 0 saturated heterocycles. The van der Waals surface area contributed by atoms with Crippen LogP contribution in [0, 0.1) is 0 Å². The van der Waals surface area contributed by atoms with E-state index in [0.717, 1.165) is 0 Å². The Morgan fingerprint density at radius 1 is 1.46 bits per heavy atom. The Labute approximate surface area is 86.4 Å². The van der Waals surface area contributed by atoms with Crippen LogP contribution in [0.15, 0.2) is 12.1 Å². The van der Waals surface area contributed by atoms with Gasteiger partial charge in [-0.2, -0.15) is 0 Å². The molecule has 1 unspecified atom stereocenters. The summed E-state index contributed by atoms with van der Waals surface area (Å²) >= 11 is 11.5. The molecular weight excluding hydrogens is 211 g/mol. The number of rotatable bonds is 2. The summed E-state index contributed by atoms with van der Waals surface area (Å²) in [6.45, 7) is 1.79. The highest BCUT2D eigenvalue weighted by Gasteiger charge is 2.12. The maximum Gasteiger partial charge on any atom is 0.139 e. The number of aromatic hydroxyl groups is 1. The van der Waals surface area contributed by atoms with E-state index in [1.165, 1.54) is 6.07 Å². The number of phenols is 1. The van der Waals surface area contributed by atoms with Crippen molar-refractivity contribution >= 4 is 23.2 Å².